The van der Waals surface area contributed by atoms with Gasteiger partial charge in [0.25, 0.3) is 0 Å². The second kappa shape index (κ2) is 6.19. The van der Waals surface area contributed by atoms with Crippen molar-refractivity contribution >= 4 is 23.2 Å². The molecular formula is C18H17NOS. The third kappa shape index (κ3) is 2.74. The van der Waals surface area contributed by atoms with Crippen LogP contribution >= 0.6 is 11.8 Å². The first-order chi connectivity index (χ1) is 10.3. The number of hydrogen-bond acceptors (Lipinski definition) is 3. The number of carbonyl (C=O) groups is 1. The van der Waals surface area contributed by atoms with E-state index in [0.29, 0.717) is 0 Å². The van der Waals surface area contributed by atoms with Crippen molar-refractivity contribution < 1.29 is 4.79 Å². The largest absolute Gasteiger partial charge is 0.384 e. The summed E-state index contributed by atoms with van der Waals surface area (Å²) in [6.45, 7) is 2.98. The summed E-state index contributed by atoms with van der Waals surface area (Å²) in [6, 6.07) is 17.9. The zero-order valence-corrected chi connectivity index (χ0v) is 12.7. The van der Waals surface area contributed by atoms with Gasteiger partial charge in [-0.3, -0.25) is 4.79 Å². The van der Waals surface area contributed by atoms with E-state index in [1.165, 1.54) is 0 Å². The molecule has 0 fully saturated rings. The van der Waals surface area contributed by atoms with Gasteiger partial charge in [0.05, 0.1) is 10.6 Å². The summed E-state index contributed by atoms with van der Waals surface area (Å²) >= 11 is 1.57. The molecule has 0 amide bonds. The van der Waals surface area contributed by atoms with E-state index in [4.69, 9.17) is 0 Å². The molecule has 1 aliphatic heterocycles. The summed E-state index contributed by atoms with van der Waals surface area (Å²) in [5.74, 6) is 0.123. The number of hydrogen-bond donors (Lipinski definition) is 1. The van der Waals surface area contributed by atoms with Crippen molar-refractivity contribution in [3.63, 3.8) is 0 Å². The number of thioether (sulfide) groups is 1. The van der Waals surface area contributed by atoms with Crippen molar-refractivity contribution in [1.82, 2.24) is 5.32 Å². The first-order valence-electron chi connectivity index (χ1n) is 7.16. The number of benzene rings is 2. The highest BCUT2D eigenvalue weighted by Gasteiger charge is 2.28. The monoisotopic (exact) mass is 295 g/mol. The maximum atomic E-state index is 12.7. The average molecular weight is 295 g/mol. The van der Waals surface area contributed by atoms with Gasteiger partial charge in [-0.05, 0) is 24.1 Å². The average Bonchev–Trinajstić information content (AvgIpc) is 2.86. The van der Waals surface area contributed by atoms with Gasteiger partial charge in [-0.25, -0.2) is 0 Å². The highest BCUT2D eigenvalue weighted by Crippen LogP contribution is 2.42. The normalized spacial score (nSPS) is 15.8. The molecule has 0 aromatic heterocycles. The predicted octanol–water partition coefficient (Wildman–Crippen LogP) is 4.34. The summed E-state index contributed by atoms with van der Waals surface area (Å²) in [4.78, 5) is 14.5. The van der Waals surface area contributed by atoms with Gasteiger partial charge in [0.2, 0.25) is 5.78 Å². The van der Waals surface area contributed by atoms with Crippen LogP contribution in [-0.4, -0.2) is 12.3 Å². The number of rotatable bonds is 4. The lowest BCUT2D eigenvalue weighted by molar-refractivity contribution is 0.104. The van der Waals surface area contributed by atoms with Crippen LogP contribution in [0.25, 0.3) is 5.70 Å². The van der Waals surface area contributed by atoms with Gasteiger partial charge in [0.15, 0.2) is 0 Å². The number of allylic oxidation sites excluding steroid dienone is 1. The van der Waals surface area contributed by atoms with Crippen LogP contribution in [-0.2, 0) is 0 Å². The van der Waals surface area contributed by atoms with Gasteiger partial charge in [0.1, 0.15) is 0 Å². The molecule has 0 saturated heterocycles. The van der Waals surface area contributed by atoms with Gasteiger partial charge >= 0.3 is 0 Å². The highest BCUT2D eigenvalue weighted by molar-refractivity contribution is 8.05. The van der Waals surface area contributed by atoms with Crippen molar-refractivity contribution in [3.05, 3.63) is 70.6 Å². The van der Waals surface area contributed by atoms with E-state index in [-0.39, 0.29) is 5.78 Å². The van der Waals surface area contributed by atoms with Crippen molar-refractivity contribution in [2.24, 2.45) is 0 Å². The maximum Gasteiger partial charge on any atom is 0.202 e. The molecule has 0 aliphatic carbocycles. The Morgan fingerprint density at radius 3 is 2.48 bits per heavy atom. The number of nitrogens with one attached hydrogen (secondary N) is 1. The molecule has 2 aromatic rings. The Kier molecular flexibility index (Phi) is 4.11. The molecule has 2 nitrogen and oxygen atoms in total. The fraction of sp³-hybridized carbons (Fsp3) is 0.167. The first kappa shape index (κ1) is 14.0. The predicted molar refractivity (Wildman–Crippen MR) is 88.3 cm³/mol. The number of fused-ring (bicyclic) bond motifs is 1. The lowest BCUT2D eigenvalue weighted by Gasteiger charge is -2.13. The Hall–Kier alpha value is -2.00. The Labute approximate surface area is 129 Å². The minimum absolute atomic E-state index is 0.123. The van der Waals surface area contributed by atoms with Crippen LogP contribution in [0.1, 0.15) is 29.3 Å². The van der Waals surface area contributed by atoms with Crippen LogP contribution in [0.3, 0.4) is 0 Å². The number of Topliss-reactive ketones (excluding diaryl/α,β-unsaturated/α-hetero) is 1. The molecule has 3 rings (SSSR count). The molecule has 1 aliphatic rings. The SMILES string of the molecule is CCCNC(=C1Sc2ccccc2C1=O)c1ccccc1. The Morgan fingerprint density at radius 2 is 1.76 bits per heavy atom. The summed E-state index contributed by atoms with van der Waals surface area (Å²) in [6.07, 6.45) is 1.02. The molecule has 3 heteroatoms. The lowest BCUT2D eigenvalue weighted by Crippen LogP contribution is -2.16. The molecule has 2 aromatic carbocycles. The summed E-state index contributed by atoms with van der Waals surface area (Å²) < 4.78 is 0. The van der Waals surface area contributed by atoms with Crippen molar-refractivity contribution in [1.29, 1.82) is 0 Å². The zero-order valence-electron chi connectivity index (χ0n) is 11.9. The van der Waals surface area contributed by atoms with E-state index in [1.807, 2.05) is 54.6 Å². The minimum atomic E-state index is 0.123. The Bertz CT molecular complexity index is 691. The number of carbonyl (C=O) groups excluding carboxylic acids is 1. The first-order valence-corrected chi connectivity index (χ1v) is 7.98. The van der Waals surface area contributed by atoms with Crippen LogP contribution in [0.5, 0.6) is 0 Å². The minimum Gasteiger partial charge on any atom is -0.384 e. The standard InChI is InChI=1S/C18H17NOS/c1-2-12-19-16(13-8-4-3-5-9-13)18-17(20)14-10-6-7-11-15(14)21-18/h3-11,19H,2,12H2,1H3. The summed E-state index contributed by atoms with van der Waals surface area (Å²) in [5.41, 5.74) is 2.82. The van der Waals surface area contributed by atoms with Crippen molar-refractivity contribution in [2.45, 2.75) is 18.2 Å². The molecule has 1 heterocycles. The quantitative estimate of drug-likeness (QED) is 0.851. The van der Waals surface area contributed by atoms with Crippen LogP contribution in [0, 0.1) is 0 Å². The van der Waals surface area contributed by atoms with Crippen molar-refractivity contribution in [2.75, 3.05) is 6.54 Å². The molecule has 0 unspecified atom stereocenters. The number of ketones is 1. The van der Waals surface area contributed by atoms with Crippen molar-refractivity contribution in [3.8, 4) is 0 Å². The van der Waals surface area contributed by atoms with Crippen LogP contribution in [0.4, 0.5) is 0 Å². The molecule has 0 bridgehead atoms. The van der Waals surface area contributed by atoms with Crippen LogP contribution in [0.2, 0.25) is 0 Å². The molecule has 0 atom stereocenters. The highest BCUT2D eigenvalue weighted by atomic mass is 32.2. The van der Waals surface area contributed by atoms with E-state index >= 15 is 0 Å². The van der Waals surface area contributed by atoms with Gasteiger partial charge in [0, 0.05) is 17.0 Å². The fourth-order valence-electron chi connectivity index (χ4n) is 2.35. The summed E-state index contributed by atoms with van der Waals surface area (Å²) in [7, 11) is 0. The maximum absolute atomic E-state index is 12.7. The second-order valence-electron chi connectivity index (χ2n) is 4.92. The topological polar surface area (TPSA) is 29.1 Å². The van der Waals surface area contributed by atoms with E-state index in [0.717, 1.165) is 39.6 Å². The van der Waals surface area contributed by atoms with Crippen LogP contribution < -0.4 is 5.32 Å². The third-order valence-electron chi connectivity index (χ3n) is 3.39. The van der Waals surface area contributed by atoms with Gasteiger partial charge in [-0.1, -0.05) is 61.2 Å². The Balaban J connectivity index is 2.06. The molecule has 1 N–H and O–H groups in total. The molecule has 106 valence electrons. The third-order valence-corrected chi connectivity index (χ3v) is 4.56. The molecular weight excluding hydrogens is 278 g/mol. The van der Waals surface area contributed by atoms with Gasteiger partial charge in [-0.15, -0.1) is 0 Å². The van der Waals surface area contributed by atoms with E-state index in [9.17, 15) is 4.79 Å². The smallest absolute Gasteiger partial charge is 0.202 e. The Morgan fingerprint density at radius 1 is 1.05 bits per heavy atom. The van der Waals surface area contributed by atoms with Crippen LogP contribution in [0.15, 0.2) is 64.4 Å². The van der Waals surface area contributed by atoms with E-state index in [1.54, 1.807) is 11.8 Å². The second-order valence-corrected chi connectivity index (χ2v) is 5.98. The molecule has 0 radical (unpaired) electrons. The van der Waals surface area contributed by atoms with E-state index in [2.05, 4.69) is 12.2 Å². The molecule has 0 saturated carbocycles. The van der Waals surface area contributed by atoms with Gasteiger partial charge < -0.3 is 5.32 Å². The molecule has 21 heavy (non-hydrogen) atoms. The lowest BCUT2D eigenvalue weighted by atomic mass is 10.1. The zero-order chi connectivity index (χ0) is 14.7. The molecule has 0 spiro atoms. The van der Waals surface area contributed by atoms with E-state index < -0.39 is 0 Å². The van der Waals surface area contributed by atoms with Gasteiger partial charge in [-0.2, -0.15) is 0 Å². The fourth-order valence-corrected chi connectivity index (χ4v) is 3.49. The summed E-state index contributed by atoms with van der Waals surface area (Å²) in [5, 5.41) is 3.43.